The summed E-state index contributed by atoms with van der Waals surface area (Å²) in [4.78, 5) is 27.7. The average molecular weight is 382 g/mol. The van der Waals surface area contributed by atoms with Crippen LogP contribution in [0.5, 0.6) is 0 Å². The van der Waals surface area contributed by atoms with E-state index in [1.807, 2.05) is 18.2 Å². The highest BCUT2D eigenvalue weighted by Gasteiger charge is 2.20. The Morgan fingerprint density at radius 3 is 2.65 bits per heavy atom. The number of ether oxygens (including phenoxy) is 1. The molecule has 1 amide bonds. The number of halogens is 1. The molecule has 0 bridgehead atoms. The lowest BCUT2D eigenvalue weighted by Crippen LogP contribution is -2.49. The zero-order chi connectivity index (χ0) is 18.9. The van der Waals surface area contributed by atoms with Gasteiger partial charge in [0.2, 0.25) is 5.91 Å². The predicted octanol–water partition coefficient (Wildman–Crippen LogP) is 2.23. The molecule has 0 unspecified atom stereocenters. The van der Waals surface area contributed by atoms with Gasteiger partial charge in [-0.25, -0.2) is 0 Å². The molecule has 0 aromatic heterocycles. The molecule has 7 heteroatoms. The summed E-state index contributed by atoms with van der Waals surface area (Å²) in [6.45, 7) is 8.57. The Balaban J connectivity index is 1.67. The summed E-state index contributed by atoms with van der Waals surface area (Å²) < 4.78 is 4.86. The molecule has 1 aromatic carbocycles. The fraction of sp³-hybridized carbons (Fsp3) is 0.579. The third-order valence-electron chi connectivity index (χ3n) is 4.44. The Bertz CT molecular complexity index is 616. The first-order valence-corrected chi connectivity index (χ1v) is 9.53. The number of aryl methyl sites for hydroxylation is 1. The molecular weight excluding hydrogens is 354 g/mol. The lowest BCUT2D eigenvalue weighted by atomic mass is 10.1. The molecule has 144 valence electrons. The fourth-order valence-electron chi connectivity index (χ4n) is 3.02. The van der Waals surface area contributed by atoms with E-state index < -0.39 is 0 Å². The highest BCUT2D eigenvalue weighted by molar-refractivity contribution is 6.30. The van der Waals surface area contributed by atoms with Crippen molar-refractivity contribution < 1.29 is 14.3 Å². The van der Waals surface area contributed by atoms with Gasteiger partial charge < -0.3 is 15.0 Å². The van der Waals surface area contributed by atoms with E-state index in [9.17, 15) is 9.59 Å². The Kier molecular flexibility index (Phi) is 8.19. The fourth-order valence-corrected chi connectivity index (χ4v) is 3.19. The SMILES string of the molecule is CCOC(=O)CCCNC(=O)CN1CCN(c2cc(Cl)ccc2C)CC1. The molecule has 26 heavy (non-hydrogen) atoms. The van der Waals surface area contributed by atoms with E-state index in [2.05, 4.69) is 22.0 Å². The van der Waals surface area contributed by atoms with Crippen molar-refractivity contribution in [3.8, 4) is 0 Å². The molecule has 1 aliphatic heterocycles. The first kappa shape index (κ1) is 20.5. The molecule has 1 heterocycles. The van der Waals surface area contributed by atoms with Gasteiger partial charge in [0.25, 0.3) is 0 Å². The first-order chi connectivity index (χ1) is 12.5. The summed E-state index contributed by atoms with van der Waals surface area (Å²) in [5.41, 5.74) is 2.38. The Labute approximate surface area is 160 Å². The Hall–Kier alpha value is -1.79. The Morgan fingerprint density at radius 1 is 1.23 bits per heavy atom. The molecule has 0 radical (unpaired) electrons. The lowest BCUT2D eigenvalue weighted by Gasteiger charge is -2.36. The van der Waals surface area contributed by atoms with Crippen LogP contribution in [0.1, 0.15) is 25.3 Å². The number of nitrogens with one attached hydrogen (secondary N) is 1. The number of piperazine rings is 1. The maximum Gasteiger partial charge on any atom is 0.305 e. The van der Waals surface area contributed by atoms with Gasteiger partial charge >= 0.3 is 5.97 Å². The number of hydrogen-bond donors (Lipinski definition) is 1. The van der Waals surface area contributed by atoms with Gasteiger partial charge in [0.1, 0.15) is 0 Å². The number of rotatable bonds is 8. The van der Waals surface area contributed by atoms with Crippen LogP contribution in [0.4, 0.5) is 5.69 Å². The molecular formula is C19H28ClN3O3. The number of nitrogens with zero attached hydrogens (tertiary/aromatic N) is 2. The van der Waals surface area contributed by atoms with Crippen LogP contribution in [-0.2, 0) is 14.3 Å². The molecule has 0 aliphatic carbocycles. The highest BCUT2D eigenvalue weighted by atomic mass is 35.5. The summed E-state index contributed by atoms with van der Waals surface area (Å²) in [7, 11) is 0. The maximum absolute atomic E-state index is 12.0. The summed E-state index contributed by atoms with van der Waals surface area (Å²) >= 11 is 6.11. The number of anilines is 1. The molecule has 1 aliphatic rings. The van der Waals surface area contributed by atoms with Crippen LogP contribution in [0.3, 0.4) is 0 Å². The van der Waals surface area contributed by atoms with Gasteiger partial charge in [0, 0.05) is 49.9 Å². The van der Waals surface area contributed by atoms with E-state index in [4.69, 9.17) is 16.3 Å². The Morgan fingerprint density at radius 2 is 1.96 bits per heavy atom. The smallest absolute Gasteiger partial charge is 0.305 e. The maximum atomic E-state index is 12.0. The van der Waals surface area contributed by atoms with Crippen molar-refractivity contribution >= 4 is 29.2 Å². The van der Waals surface area contributed by atoms with Crippen LogP contribution in [-0.4, -0.2) is 62.7 Å². The topological polar surface area (TPSA) is 61.9 Å². The molecule has 6 nitrogen and oxygen atoms in total. The van der Waals surface area contributed by atoms with Crippen molar-refractivity contribution in [2.24, 2.45) is 0 Å². The molecule has 2 rings (SSSR count). The van der Waals surface area contributed by atoms with E-state index in [1.54, 1.807) is 6.92 Å². The van der Waals surface area contributed by atoms with Crippen molar-refractivity contribution in [2.45, 2.75) is 26.7 Å². The summed E-state index contributed by atoms with van der Waals surface area (Å²) in [5.74, 6) is -0.213. The lowest BCUT2D eigenvalue weighted by molar-refractivity contribution is -0.143. The largest absolute Gasteiger partial charge is 0.466 e. The van der Waals surface area contributed by atoms with Crippen LogP contribution in [0, 0.1) is 6.92 Å². The van der Waals surface area contributed by atoms with Crippen LogP contribution in [0.2, 0.25) is 5.02 Å². The van der Waals surface area contributed by atoms with Crippen molar-refractivity contribution in [3.63, 3.8) is 0 Å². The van der Waals surface area contributed by atoms with Crippen LogP contribution < -0.4 is 10.2 Å². The monoisotopic (exact) mass is 381 g/mol. The number of amides is 1. The number of carbonyl (C=O) groups excluding carboxylic acids is 2. The number of hydrogen-bond acceptors (Lipinski definition) is 5. The van der Waals surface area contributed by atoms with E-state index in [0.29, 0.717) is 32.5 Å². The average Bonchev–Trinajstić information content (AvgIpc) is 2.62. The summed E-state index contributed by atoms with van der Waals surface area (Å²) in [5, 5.41) is 3.61. The van der Waals surface area contributed by atoms with Gasteiger partial charge in [-0.2, -0.15) is 0 Å². The molecule has 1 saturated heterocycles. The minimum atomic E-state index is -0.214. The van der Waals surface area contributed by atoms with Crippen molar-refractivity contribution in [3.05, 3.63) is 28.8 Å². The molecule has 1 N–H and O–H groups in total. The van der Waals surface area contributed by atoms with Crippen LogP contribution in [0.15, 0.2) is 18.2 Å². The standard InChI is InChI=1S/C19H28ClN3O3/c1-3-26-19(25)5-4-8-21-18(24)14-22-9-11-23(12-10-22)17-13-16(20)7-6-15(17)2/h6-7,13H,3-5,8-12,14H2,1-2H3,(H,21,24). The van der Waals surface area contributed by atoms with Crippen molar-refractivity contribution in [2.75, 3.05) is 50.8 Å². The zero-order valence-corrected chi connectivity index (χ0v) is 16.3. The molecule has 1 aromatic rings. The van der Waals surface area contributed by atoms with Gasteiger partial charge in [-0.15, -0.1) is 0 Å². The van der Waals surface area contributed by atoms with Crippen LogP contribution in [0.25, 0.3) is 0 Å². The minimum Gasteiger partial charge on any atom is -0.466 e. The van der Waals surface area contributed by atoms with Crippen molar-refractivity contribution in [1.29, 1.82) is 0 Å². The van der Waals surface area contributed by atoms with Gasteiger partial charge in [-0.1, -0.05) is 17.7 Å². The molecule has 1 fully saturated rings. The number of benzene rings is 1. The molecule has 0 saturated carbocycles. The third kappa shape index (κ3) is 6.50. The number of esters is 1. The van der Waals surface area contributed by atoms with Gasteiger partial charge in [-0.05, 0) is 38.0 Å². The first-order valence-electron chi connectivity index (χ1n) is 9.15. The van der Waals surface area contributed by atoms with E-state index >= 15 is 0 Å². The van der Waals surface area contributed by atoms with Gasteiger partial charge in [0.15, 0.2) is 0 Å². The summed E-state index contributed by atoms with van der Waals surface area (Å²) in [6.07, 6.45) is 0.943. The normalized spacial score (nSPS) is 15.0. The van der Waals surface area contributed by atoms with E-state index in [-0.39, 0.29) is 11.9 Å². The molecule has 0 atom stereocenters. The van der Waals surface area contributed by atoms with E-state index in [0.717, 1.165) is 31.2 Å². The highest BCUT2D eigenvalue weighted by Crippen LogP contribution is 2.25. The number of carbonyl (C=O) groups is 2. The third-order valence-corrected chi connectivity index (χ3v) is 4.67. The van der Waals surface area contributed by atoms with Gasteiger partial charge in [-0.3, -0.25) is 14.5 Å². The summed E-state index contributed by atoms with van der Waals surface area (Å²) in [6, 6.07) is 5.94. The second-order valence-electron chi connectivity index (χ2n) is 6.45. The van der Waals surface area contributed by atoms with E-state index in [1.165, 1.54) is 11.3 Å². The van der Waals surface area contributed by atoms with Crippen molar-refractivity contribution in [1.82, 2.24) is 10.2 Å². The second kappa shape index (κ2) is 10.4. The molecule has 0 spiro atoms. The minimum absolute atomic E-state index is 0.00115. The second-order valence-corrected chi connectivity index (χ2v) is 6.89. The predicted molar refractivity (Wildman–Crippen MR) is 104 cm³/mol. The quantitative estimate of drug-likeness (QED) is 0.552. The zero-order valence-electron chi connectivity index (χ0n) is 15.6. The van der Waals surface area contributed by atoms with Gasteiger partial charge in [0.05, 0.1) is 13.2 Å². The van der Waals surface area contributed by atoms with Crippen LogP contribution >= 0.6 is 11.6 Å².